The Hall–Kier alpha value is -2.61. The van der Waals surface area contributed by atoms with Gasteiger partial charge in [-0.1, -0.05) is 6.07 Å². The molecule has 2 aromatic rings. The molecule has 0 saturated carbocycles. The summed E-state index contributed by atoms with van der Waals surface area (Å²) >= 11 is 0. The maximum atomic E-state index is 10.6. The van der Waals surface area contributed by atoms with Gasteiger partial charge in [-0.2, -0.15) is 5.10 Å². The van der Waals surface area contributed by atoms with Crippen molar-refractivity contribution in [2.75, 3.05) is 13.7 Å². The van der Waals surface area contributed by atoms with Crippen molar-refractivity contribution in [2.24, 2.45) is 7.05 Å². The van der Waals surface area contributed by atoms with Crippen LogP contribution in [-0.4, -0.2) is 39.6 Å². The SMILES string of the molecule is COc1cc(CN[C@@H](C)c2ncnn2C)ccc1OCC(=O)O. The molecule has 1 atom stereocenters. The summed E-state index contributed by atoms with van der Waals surface area (Å²) in [5.41, 5.74) is 0.985. The molecule has 23 heavy (non-hydrogen) atoms. The third kappa shape index (κ3) is 4.43. The molecule has 0 fully saturated rings. The summed E-state index contributed by atoms with van der Waals surface area (Å²) in [6, 6.07) is 5.41. The number of rotatable bonds is 8. The van der Waals surface area contributed by atoms with Crippen LogP contribution in [0.1, 0.15) is 24.4 Å². The summed E-state index contributed by atoms with van der Waals surface area (Å²) in [7, 11) is 3.36. The van der Waals surface area contributed by atoms with E-state index in [9.17, 15) is 4.79 Å². The summed E-state index contributed by atoms with van der Waals surface area (Å²) in [4.78, 5) is 14.8. The maximum Gasteiger partial charge on any atom is 0.341 e. The van der Waals surface area contributed by atoms with Gasteiger partial charge in [0, 0.05) is 13.6 Å². The molecule has 0 amide bonds. The highest BCUT2D eigenvalue weighted by Crippen LogP contribution is 2.28. The number of carboxylic acid groups (broad SMARTS) is 1. The lowest BCUT2D eigenvalue weighted by atomic mass is 10.2. The van der Waals surface area contributed by atoms with Crippen molar-refractivity contribution in [3.63, 3.8) is 0 Å². The number of carbonyl (C=O) groups is 1. The monoisotopic (exact) mass is 320 g/mol. The van der Waals surface area contributed by atoms with Gasteiger partial charge in [-0.25, -0.2) is 9.78 Å². The molecule has 1 heterocycles. The molecular formula is C15H20N4O4. The second-order valence-electron chi connectivity index (χ2n) is 5.01. The van der Waals surface area contributed by atoms with Gasteiger partial charge in [0.05, 0.1) is 13.2 Å². The number of hydrogen-bond donors (Lipinski definition) is 2. The molecule has 0 aliphatic rings. The van der Waals surface area contributed by atoms with E-state index in [2.05, 4.69) is 15.4 Å². The fourth-order valence-electron chi connectivity index (χ4n) is 2.14. The van der Waals surface area contributed by atoms with Gasteiger partial charge < -0.3 is 19.9 Å². The van der Waals surface area contributed by atoms with Gasteiger partial charge in [0.2, 0.25) is 0 Å². The summed E-state index contributed by atoms with van der Waals surface area (Å²) in [6.45, 7) is 2.20. The predicted octanol–water partition coefficient (Wildman–Crippen LogP) is 1.14. The quantitative estimate of drug-likeness (QED) is 0.752. The lowest BCUT2D eigenvalue weighted by molar-refractivity contribution is -0.139. The highest BCUT2D eigenvalue weighted by molar-refractivity contribution is 5.68. The number of carboxylic acids is 1. The minimum Gasteiger partial charge on any atom is -0.493 e. The van der Waals surface area contributed by atoms with E-state index in [0.29, 0.717) is 18.0 Å². The van der Waals surface area contributed by atoms with E-state index < -0.39 is 12.6 Å². The van der Waals surface area contributed by atoms with Crippen molar-refractivity contribution in [2.45, 2.75) is 19.5 Å². The molecule has 0 spiro atoms. The lowest BCUT2D eigenvalue weighted by Gasteiger charge is -2.14. The molecule has 1 aromatic carbocycles. The van der Waals surface area contributed by atoms with E-state index in [1.807, 2.05) is 26.1 Å². The number of aliphatic carboxylic acids is 1. The van der Waals surface area contributed by atoms with Crippen molar-refractivity contribution in [3.05, 3.63) is 35.9 Å². The van der Waals surface area contributed by atoms with Crippen molar-refractivity contribution in [3.8, 4) is 11.5 Å². The van der Waals surface area contributed by atoms with Crippen LogP contribution in [0.4, 0.5) is 0 Å². The van der Waals surface area contributed by atoms with Gasteiger partial charge in [-0.05, 0) is 24.6 Å². The second-order valence-corrected chi connectivity index (χ2v) is 5.01. The number of methoxy groups -OCH3 is 1. The minimum absolute atomic E-state index is 0.0384. The van der Waals surface area contributed by atoms with Crippen molar-refractivity contribution < 1.29 is 19.4 Å². The number of hydrogen-bond acceptors (Lipinski definition) is 6. The first-order valence-electron chi connectivity index (χ1n) is 7.10. The average molecular weight is 320 g/mol. The Labute approximate surface area is 134 Å². The summed E-state index contributed by atoms with van der Waals surface area (Å²) in [6.07, 6.45) is 1.52. The number of nitrogens with one attached hydrogen (secondary N) is 1. The summed E-state index contributed by atoms with van der Waals surface area (Å²) in [5.74, 6) is 0.713. The zero-order chi connectivity index (χ0) is 16.8. The molecule has 1 aromatic heterocycles. The molecular weight excluding hydrogens is 300 g/mol. The average Bonchev–Trinajstić information content (AvgIpc) is 2.97. The number of benzene rings is 1. The Morgan fingerprint density at radius 3 is 2.83 bits per heavy atom. The van der Waals surface area contributed by atoms with E-state index in [0.717, 1.165) is 11.4 Å². The third-order valence-corrected chi connectivity index (χ3v) is 3.33. The van der Waals surface area contributed by atoms with Crippen molar-refractivity contribution in [1.29, 1.82) is 0 Å². The van der Waals surface area contributed by atoms with Crippen molar-refractivity contribution >= 4 is 5.97 Å². The number of aryl methyl sites for hydroxylation is 1. The fraction of sp³-hybridized carbons (Fsp3) is 0.400. The van der Waals surface area contributed by atoms with Gasteiger partial charge in [0.25, 0.3) is 0 Å². The van der Waals surface area contributed by atoms with Crippen LogP contribution in [0.5, 0.6) is 11.5 Å². The van der Waals surface area contributed by atoms with Crippen LogP contribution in [0.25, 0.3) is 0 Å². The largest absolute Gasteiger partial charge is 0.493 e. The van der Waals surface area contributed by atoms with Crippen LogP contribution in [0.2, 0.25) is 0 Å². The molecule has 2 rings (SSSR count). The molecule has 0 unspecified atom stereocenters. The molecule has 0 saturated heterocycles. The van der Waals surface area contributed by atoms with Gasteiger partial charge in [0.15, 0.2) is 18.1 Å². The number of aromatic nitrogens is 3. The molecule has 124 valence electrons. The fourth-order valence-corrected chi connectivity index (χ4v) is 2.14. The molecule has 0 aliphatic carbocycles. The van der Waals surface area contributed by atoms with E-state index >= 15 is 0 Å². The Bertz CT molecular complexity index is 671. The van der Waals surface area contributed by atoms with Crippen LogP contribution in [0.3, 0.4) is 0 Å². The zero-order valence-electron chi connectivity index (χ0n) is 13.3. The predicted molar refractivity (Wildman–Crippen MR) is 82.4 cm³/mol. The Kier molecular flexibility index (Phi) is 5.53. The van der Waals surface area contributed by atoms with E-state index in [4.69, 9.17) is 14.6 Å². The first-order valence-corrected chi connectivity index (χ1v) is 7.10. The molecule has 0 radical (unpaired) electrons. The molecule has 0 bridgehead atoms. The highest BCUT2D eigenvalue weighted by Gasteiger charge is 2.12. The van der Waals surface area contributed by atoms with Crippen LogP contribution in [0.15, 0.2) is 24.5 Å². The number of ether oxygens (including phenoxy) is 2. The van der Waals surface area contributed by atoms with Crippen LogP contribution < -0.4 is 14.8 Å². The van der Waals surface area contributed by atoms with Crippen LogP contribution >= 0.6 is 0 Å². The van der Waals surface area contributed by atoms with E-state index in [-0.39, 0.29) is 6.04 Å². The normalized spacial score (nSPS) is 12.0. The second kappa shape index (κ2) is 7.59. The van der Waals surface area contributed by atoms with E-state index in [1.165, 1.54) is 13.4 Å². The Morgan fingerprint density at radius 2 is 2.22 bits per heavy atom. The minimum atomic E-state index is -1.03. The van der Waals surface area contributed by atoms with Crippen LogP contribution in [-0.2, 0) is 18.4 Å². The first-order chi connectivity index (χ1) is 11.0. The van der Waals surface area contributed by atoms with Gasteiger partial charge in [-0.15, -0.1) is 0 Å². The Morgan fingerprint density at radius 1 is 1.43 bits per heavy atom. The standard InChI is InChI=1S/C15H20N4O4/c1-10(15-17-9-18-19(15)2)16-7-11-4-5-12(13(6-11)22-3)23-8-14(20)21/h4-6,9-10,16H,7-8H2,1-3H3,(H,20,21)/t10-/m0/s1. The molecule has 0 aliphatic heterocycles. The van der Waals surface area contributed by atoms with Gasteiger partial charge >= 0.3 is 5.97 Å². The lowest BCUT2D eigenvalue weighted by Crippen LogP contribution is -2.21. The number of nitrogens with zero attached hydrogens (tertiary/aromatic N) is 3. The molecule has 8 nitrogen and oxygen atoms in total. The summed E-state index contributed by atoms with van der Waals surface area (Å²) in [5, 5.41) is 16.1. The zero-order valence-corrected chi connectivity index (χ0v) is 13.3. The smallest absolute Gasteiger partial charge is 0.341 e. The van der Waals surface area contributed by atoms with Crippen LogP contribution in [0, 0.1) is 0 Å². The van der Waals surface area contributed by atoms with E-state index in [1.54, 1.807) is 10.7 Å². The molecule has 2 N–H and O–H groups in total. The molecule has 8 heteroatoms. The van der Waals surface area contributed by atoms with Crippen molar-refractivity contribution in [1.82, 2.24) is 20.1 Å². The first kappa shape index (κ1) is 16.8. The van der Waals surface area contributed by atoms with Gasteiger partial charge in [-0.3, -0.25) is 4.68 Å². The maximum absolute atomic E-state index is 10.6. The Balaban J connectivity index is 2.00. The van der Waals surface area contributed by atoms with Gasteiger partial charge in [0.1, 0.15) is 12.2 Å². The third-order valence-electron chi connectivity index (χ3n) is 3.33. The highest BCUT2D eigenvalue weighted by atomic mass is 16.5. The summed E-state index contributed by atoms with van der Waals surface area (Å²) < 4.78 is 12.1. The topological polar surface area (TPSA) is 98.5 Å².